The third-order valence-electron chi connectivity index (χ3n) is 3.47. The second-order valence-electron chi connectivity index (χ2n) is 5.22. The van der Waals surface area contributed by atoms with Gasteiger partial charge in [-0.15, -0.1) is 11.3 Å². The number of carbonyl (C=O) groups is 1. The Kier molecular flexibility index (Phi) is 4.17. The van der Waals surface area contributed by atoms with Crippen LogP contribution in [-0.4, -0.2) is 18.6 Å². The van der Waals surface area contributed by atoms with Crippen LogP contribution in [0.2, 0.25) is 4.34 Å². The van der Waals surface area contributed by atoms with Crippen LogP contribution in [0.3, 0.4) is 0 Å². The van der Waals surface area contributed by atoms with Gasteiger partial charge in [0.15, 0.2) is 0 Å². The van der Waals surface area contributed by atoms with Gasteiger partial charge >= 0.3 is 0 Å². The van der Waals surface area contributed by atoms with Crippen LogP contribution in [0.25, 0.3) is 0 Å². The normalized spacial score (nSPS) is 14.4. The molecule has 2 aromatic rings. The lowest BCUT2D eigenvalue weighted by molar-refractivity contribution is 0.0944. The number of hydrogen-bond acceptors (Lipinski definition) is 3. The number of benzene rings is 1. The fourth-order valence-corrected chi connectivity index (χ4v) is 3.45. The largest absolute Gasteiger partial charge is 0.493 e. The maximum absolute atomic E-state index is 12.1. The molecule has 1 aromatic carbocycles. The van der Waals surface area contributed by atoms with Crippen molar-refractivity contribution in [1.29, 1.82) is 0 Å². The average Bonchev–Trinajstić information content (AvgIpc) is 3.06. The maximum atomic E-state index is 12.1. The average molecular weight is 322 g/mol. The Balaban J connectivity index is 1.61. The van der Waals surface area contributed by atoms with E-state index in [0.717, 1.165) is 25.2 Å². The van der Waals surface area contributed by atoms with Crippen molar-refractivity contribution in [3.05, 3.63) is 50.7 Å². The molecule has 3 rings (SSSR count). The van der Waals surface area contributed by atoms with E-state index in [-0.39, 0.29) is 11.9 Å². The van der Waals surface area contributed by atoms with Crippen molar-refractivity contribution < 1.29 is 9.53 Å². The van der Waals surface area contributed by atoms with E-state index in [2.05, 4.69) is 17.4 Å². The first kappa shape index (κ1) is 14.4. The number of thiophene rings is 1. The summed E-state index contributed by atoms with van der Waals surface area (Å²) >= 11 is 7.15. The monoisotopic (exact) mass is 321 g/mol. The van der Waals surface area contributed by atoms with E-state index in [4.69, 9.17) is 16.3 Å². The minimum atomic E-state index is -0.0658. The van der Waals surface area contributed by atoms with Crippen molar-refractivity contribution in [3.8, 4) is 5.75 Å². The number of halogens is 1. The quantitative estimate of drug-likeness (QED) is 0.932. The minimum Gasteiger partial charge on any atom is -0.493 e. The van der Waals surface area contributed by atoms with Crippen LogP contribution in [0.1, 0.15) is 27.7 Å². The summed E-state index contributed by atoms with van der Waals surface area (Å²) in [5.74, 6) is 0.924. The van der Waals surface area contributed by atoms with Gasteiger partial charge < -0.3 is 10.1 Å². The molecule has 0 saturated heterocycles. The highest BCUT2D eigenvalue weighted by molar-refractivity contribution is 7.17. The van der Waals surface area contributed by atoms with Crippen molar-refractivity contribution in [1.82, 2.24) is 5.32 Å². The highest BCUT2D eigenvalue weighted by Crippen LogP contribution is 2.26. The lowest BCUT2D eigenvalue weighted by Crippen LogP contribution is -2.33. The van der Waals surface area contributed by atoms with Gasteiger partial charge in [-0.2, -0.15) is 0 Å². The van der Waals surface area contributed by atoms with E-state index in [9.17, 15) is 4.79 Å². The van der Waals surface area contributed by atoms with Crippen molar-refractivity contribution in [3.63, 3.8) is 0 Å². The molecule has 1 aliphatic heterocycles. The summed E-state index contributed by atoms with van der Waals surface area (Å²) in [5.41, 5.74) is 2.48. The van der Waals surface area contributed by atoms with Gasteiger partial charge in [-0.3, -0.25) is 4.79 Å². The van der Waals surface area contributed by atoms with E-state index >= 15 is 0 Å². The van der Waals surface area contributed by atoms with Gasteiger partial charge in [0.25, 0.3) is 5.91 Å². The van der Waals surface area contributed by atoms with Crippen LogP contribution in [0.15, 0.2) is 30.3 Å². The van der Waals surface area contributed by atoms with Crippen LogP contribution in [0.4, 0.5) is 0 Å². The third kappa shape index (κ3) is 3.39. The third-order valence-corrected chi connectivity index (χ3v) is 4.70. The summed E-state index contributed by atoms with van der Waals surface area (Å²) < 4.78 is 6.13. The fraction of sp³-hybridized carbons (Fsp3) is 0.312. The molecule has 1 aliphatic rings. The molecule has 0 spiro atoms. The highest BCUT2D eigenvalue weighted by atomic mass is 35.5. The topological polar surface area (TPSA) is 38.3 Å². The van der Waals surface area contributed by atoms with E-state index in [1.54, 1.807) is 12.1 Å². The Morgan fingerprint density at radius 1 is 1.43 bits per heavy atom. The Morgan fingerprint density at radius 2 is 2.29 bits per heavy atom. The van der Waals surface area contributed by atoms with Crippen LogP contribution in [0, 0.1) is 0 Å². The number of nitrogens with one attached hydrogen (secondary N) is 1. The number of amides is 1. The molecule has 1 aromatic heterocycles. The lowest BCUT2D eigenvalue weighted by atomic mass is 10.0. The second-order valence-corrected chi connectivity index (χ2v) is 6.94. The molecule has 0 radical (unpaired) electrons. The summed E-state index contributed by atoms with van der Waals surface area (Å²) in [6.45, 7) is 2.78. The van der Waals surface area contributed by atoms with Crippen LogP contribution in [0.5, 0.6) is 5.75 Å². The van der Waals surface area contributed by atoms with Gasteiger partial charge in [0.05, 0.1) is 15.8 Å². The zero-order valence-corrected chi connectivity index (χ0v) is 13.3. The Bertz CT molecular complexity index is 668. The van der Waals surface area contributed by atoms with Gasteiger partial charge in [0.1, 0.15) is 5.75 Å². The van der Waals surface area contributed by atoms with E-state index < -0.39 is 0 Å². The lowest BCUT2D eigenvalue weighted by Gasteiger charge is -2.14. The molecular weight excluding hydrogens is 306 g/mol. The van der Waals surface area contributed by atoms with Crippen molar-refractivity contribution >= 4 is 28.8 Å². The van der Waals surface area contributed by atoms with Gasteiger partial charge in [-0.25, -0.2) is 0 Å². The second kappa shape index (κ2) is 6.08. The van der Waals surface area contributed by atoms with Gasteiger partial charge in [0, 0.05) is 12.5 Å². The molecular formula is C16H16ClNO2S. The smallest absolute Gasteiger partial charge is 0.261 e. The number of fused-ring (bicyclic) bond motifs is 1. The molecule has 0 saturated carbocycles. The zero-order chi connectivity index (χ0) is 14.8. The van der Waals surface area contributed by atoms with Gasteiger partial charge in [-0.05, 0) is 42.7 Å². The predicted molar refractivity (Wildman–Crippen MR) is 85.6 cm³/mol. The maximum Gasteiger partial charge on any atom is 0.261 e. The van der Waals surface area contributed by atoms with E-state index in [0.29, 0.717) is 9.21 Å². The molecule has 3 nitrogen and oxygen atoms in total. The molecule has 0 fully saturated rings. The molecule has 0 aliphatic carbocycles. The molecule has 1 amide bonds. The zero-order valence-electron chi connectivity index (χ0n) is 11.7. The molecule has 5 heteroatoms. The molecule has 1 atom stereocenters. The van der Waals surface area contributed by atoms with Crippen LogP contribution < -0.4 is 10.1 Å². The first-order valence-corrected chi connectivity index (χ1v) is 8.12. The van der Waals surface area contributed by atoms with Gasteiger partial charge in [-0.1, -0.05) is 23.7 Å². The standard InChI is InChI=1S/C16H16ClNO2S/c1-10(18-16(19)14-4-5-15(17)21-14)8-11-2-3-13-12(9-11)6-7-20-13/h2-5,9-10H,6-8H2,1H3,(H,18,19). The SMILES string of the molecule is CC(Cc1ccc2c(c1)CCO2)NC(=O)c1ccc(Cl)s1. The fourth-order valence-electron chi connectivity index (χ4n) is 2.50. The van der Waals surface area contributed by atoms with Crippen molar-refractivity contribution in [2.75, 3.05) is 6.61 Å². The molecule has 21 heavy (non-hydrogen) atoms. The van der Waals surface area contributed by atoms with Crippen LogP contribution >= 0.6 is 22.9 Å². The predicted octanol–water partition coefficient (Wildman–Crippen LogP) is 3.70. The first-order valence-electron chi connectivity index (χ1n) is 6.92. The summed E-state index contributed by atoms with van der Waals surface area (Å²) in [5, 5.41) is 3.01. The van der Waals surface area contributed by atoms with Crippen molar-refractivity contribution in [2.24, 2.45) is 0 Å². The number of hydrogen-bond donors (Lipinski definition) is 1. The molecule has 1 unspecified atom stereocenters. The van der Waals surface area contributed by atoms with E-state index in [1.165, 1.54) is 22.5 Å². The number of ether oxygens (including phenoxy) is 1. The number of carbonyl (C=O) groups excluding carboxylic acids is 1. The summed E-state index contributed by atoms with van der Waals surface area (Å²) in [6, 6.07) is 9.82. The Labute approximate surface area is 132 Å². The first-order chi connectivity index (χ1) is 10.1. The van der Waals surface area contributed by atoms with Crippen LogP contribution in [-0.2, 0) is 12.8 Å². The van der Waals surface area contributed by atoms with Crippen molar-refractivity contribution in [2.45, 2.75) is 25.8 Å². The molecule has 0 bridgehead atoms. The highest BCUT2D eigenvalue weighted by Gasteiger charge is 2.15. The summed E-state index contributed by atoms with van der Waals surface area (Å²) in [4.78, 5) is 12.7. The summed E-state index contributed by atoms with van der Waals surface area (Å²) in [6.07, 6.45) is 1.77. The number of rotatable bonds is 4. The molecule has 110 valence electrons. The minimum absolute atomic E-state index is 0.0658. The summed E-state index contributed by atoms with van der Waals surface area (Å²) in [7, 11) is 0. The Morgan fingerprint density at radius 3 is 3.05 bits per heavy atom. The Hall–Kier alpha value is -1.52. The van der Waals surface area contributed by atoms with Gasteiger partial charge in [0.2, 0.25) is 0 Å². The molecule has 1 N–H and O–H groups in total. The van der Waals surface area contributed by atoms with E-state index in [1.807, 2.05) is 13.0 Å². The molecule has 2 heterocycles.